The number of nitrogens with zero attached hydrogens (tertiary/aromatic N) is 4. The molecular formula is C13H27N7O. The molecule has 8 nitrogen and oxygen atoms in total. The van der Waals surface area contributed by atoms with Crippen molar-refractivity contribution in [1.82, 2.24) is 19.9 Å². The second-order valence-electron chi connectivity index (χ2n) is 4.62. The van der Waals surface area contributed by atoms with E-state index in [2.05, 4.69) is 44.4 Å². The molecule has 0 amide bonds. The molecule has 1 heterocycles. The fourth-order valence-electron chi connectivity index (χ4n) is 1.83. The third-order valence-electron chi connectivity index (χ3n) is 2.88. The van der Waals surface area contributed by atoms with E-state index in [1.165, 1.54) is 0 Å². The van der Waals surface area contributed by atoms with Gasteiger partial charge in [-0.05, 0) is 25.9 Å². The van der Waals surface area contributed by atoms with Gasteiger partial charge in [0.15, 0.2) is 0 Å². The maximum atomic E-state index is 5.42. The van der Waals surface area contributed by atoms with E-state index in [0.717, 1.165) is 39.0 Å². The van der Waals surface area contributed by atoms with Crippen molar-refractivity contribution in [2.75, 3.05) is 43.5 Å². The highest BCUT2D eigenvalue weighted by Gasteiger charge is 2.07. The summed E-state index contributed by atoms with van der Waals surface area (Å²) in [7, 11) is 0. The summed E-state index contributed by atoms with van der Waals surface area (Å²) in [5.74, 6) is 6.12. The number of hydrogen-bond acceptors (Lipinski definition) is 8. The van der Waals surface area contributed by atoms with Crippen LogP contribution in [0.15, 0.2) is 0 Å². The number of rotatable bonds is 11. The highest BCUT2D eigenvalue weighted by atomic mass is 16.5. The lowest BCUT2D eigenvalue weighted by Gasteiger charge is -2.19. The zero-order valence-corrected chi connectivity index (χ0v) is 13.2. The lowest BCUT2D eigenvalue weighted by Crippen LogP contribution is -2.30. The quantitative estimate of drug-likeness (QED) is 0.412. The lowest BCUT2D eigenvalue weighted by atomic mass is 10.4. The van der Waals surface area contributed by atoms with Gasteiger partial charge in [-0.15, -0.1) is 0 Å². The molecule has 0 aromatic carbocycles. The van der Waals surface area contributed by atoms with Crippen LogP contribution in [0.4, 0.5) is 11.9 Å². The van der Waals surface area contributed by atoms with E-state index < -0.39 is 0 Å². The number of nitrogens with one attached hydrogen (secondary N) is 2. The number of aromatic nitrogens is 3. The summed E-state index contributed by atoms with van der Waals surface area (Å²) in [5, 5.41) is 3.18. The van der Waals surface area contributed by atoms with Gasteiger partial charge in [-0.1, -0.05) is 20.8 Å². The summed E-state index contributed by atoms with van der Waals surface area (Å²) in [4.78, 5) is 14.8. The van der Waals surface area contributed by atoms with Crippen molar-refractivity contribution in [3.05, 3.63) is 0 Å². The predicted molar refractivity (Wildman–Crippen MR) is 84.3 cm³/mol. The van der Waals surface area contributed by atoms with Crippen LogP contribution in [-0.4, -0.2) is 52.6 Å². The number of ether oxygens (including phenoxy) is 1. The van der Waals surface area contributed by atoms with Gasteiger partial charge in [-0.2, -0.15) is 15.0 Å². The summed E-state index contributed by atoms with van der Waals surface area (Å²) in [6.07, 6.45) is 2.04. The molecule has 0 spiro atoms. The van der Waals surface area contributed by atoms with Crippen LogP contribution in [-0.2, 0) is 0 Å². The van der Waals surface area contributed by atoms with Crippen molar-refractivity contribution >= 4 is 11.9 Å². The van der Waals surface area contributed by atoms with Crippen LogP contribution in [0.2, 0.25) is 0 Å². The van der Waals surface area contributed by atoms with Crippen LogP contribution < -0.4 is 21.3 Å². The highest BCUT2D eigenvalue weighted by Crippen LogP contribution is 2.10. The molecule has 0 aliphatic heterocycles. The predicted octanol–water partition coefficient (Wildman–Crippen LogP) is 1.09. The Hall–Kier alpha value is -1.67. The number of anilines is 2. The molecule has 4 N–H and O–H groups in total. The van der Waals surface area contributed by atoms with Gasteiger partial charge in [0.2, 0.25) is 11.9 Å². The van der Waals surface area contributed by atoms with E-state index in [9.17, 15) is 0 Å². The summed E-state index contributed by atoms with van der Waals surface area (Å²) in [6, 6.07) is 0.281. The van der Waals surface area contributed by atoms with Crippen LogP contribution in [0.3, 0.4) is 0 Å². The molecule has 0 radical (unpaired) electrons. The van der Waals surface area contributed by atoms with Crippen molar-refractivity contribution in [1.29, 1.82) is 0 Å². The van der Waals surface area contributed by atoms with Crippen LogP contribution in [0.25, 0.3) is 0 Å². The Bertz CT molecular complexity index is 402. The van der Waals surface area contributed by atoms with Crippen LogP contribution in [0.1, 0.15) is 33.6 Å². The first-order chi connectivity index (χ1) is 10.2. The average Bonchev–Trinajstić information content (AvgIpc) is 2.51. The van der Waals surface area contributed by atoms with E-state index in [1.807, 2.05) is 6.92 Å². The lowest BCUT2D eigenvalue weighted by molar-refractivity contribution is 0.291. The van der Waals surface area contributed by atoms with Crippen LogP contribution in [0.5, 0.6) is 6.01 Å². The van der Waals surface area contributed by atoms with Crippen molar-refractivity contribution in [3.8, 4) is 6.01 Å². The topological polar surface area (TPSA) is 101 Å². The maximum Gasteiger partial charge on any atom is 0.323 e. The minimum atomic E-state index is 0.281. The van der Waals surface area contributed by atoms with E-state index in [0.29, 0.717) is 18.5 Å². The molecule has 0 aliphatic carbocycles. The third-order valence-corrected chi connectivity index (χ3v) is 2.88. The Morgan fingerprint density at radius 3 is 2.43 bits per heavy atom. The standard InChI is InChI=1S/C13H27N7O/c1-4-8-20(6-3)9-7-15-11-16-12(19-14)18-13(17-11)21-10-5-2/h4-10,14H2,1-3H3,(H2,15,16,17,18,19). The van der Waals surface area contributed by atoms with Crippen molar-refractivity contribution < 1.29 is 4.74 Å². The number of nitrogen functional groups attached to an aromatic ring is 1. The van der Waals surface area contributed by atoms with Gasteiger partial charge in [-0.3, -0.25) is 5.43 Å². The number of nitrogens with two attached hydrogens (primary N) is 1. The Labute approximate surface area is 126 Å². The zero-order valence-electron chi connectivity index (χ0n) is 13.2. The largest absolute Gasteiger partial charge is 0.463 e. The molecule has 0 bridgehead atoms. The van der Waals surface area contributed by atoms with Gasteiger partial charge < -0.3 is 15.0 Å². The first-order valence-electron chi connectivity index (χ1n) is 7.55. The molecule has 1 rings (SSSR count). The summed E-state index contributed by atoms with van der Waals surface area (Å²) >= 11 is 0. The molecule has 0 saturated heterocycles. The molecule has 8 heteroatoms. The third kappa shape index (κ3) is 6.54. The summed E-state index contributed by atoms with van der Waals surface area (Å²) < 4.78 is 5.42. The first-order valence-corrected chi connectivity index (χ1v) is 7.55. The SMILES string of the molecule is CCCOc1nc(NN)nc(NCCN(CC)CCC)n1. The van der Waals surface area contributed by atoms with Gasteiger partial charge in [0, 0.05) is 13.1 Å². The molecule has 0 atom stereocenters. The first kappa shape index (κ1) is 17.4. The Morgan fingerprint density at radius 1 is 1.05 bits per heavy atom. The van der Waals surface area contributed by atoms with Gasteiger partial charge in [-0.25, -0.2) is 5.84 Å². The van der Waals surface area contributed by atoms with Gasteiger partial charge >= 0.3 is 6.01 Å². The van der Waals surface area contributed by atoms with Gasteiger partial charge in [0.05, 0.1) is 6.61 Å². The summed E-state index contributed by atoms with van der Waals surface area (Å²) in [5.41, 5.74) is 2.42. The Balaban J connectivity index is 2.56. The van der Waals surface area contributed by atoms with E-state index in [4.69, 9.17) is 10.6 Å². The van der Waals surface area contributed by atoms with Crippen LogP contribution in [0, 0.1) is 0 Å². The minimum Gasteiger partial charge on any atom is -0.463 e. The number of likely N-dealkylation sites (N-methyl/N-ethyl adjacent to an activating group) is 1. The number of hydrazine groups is 1. The zero-order chi connectivity index (χ0) is 15.5. The fourth-order valence-corrected chi connectivity index (χ4v) is 1.83. The number of hydrogen-bond donors (Lipinski definition) is 3. The summed E-state index contributed by atoms with van der Waals surface area (Å²) in [6.45, 7) is 10.7. The Kier molecular flexibility index (Phi) is 8.37. The molecular weight excluding hydrogens is 270 g/mol. The van der Waals surface area contributed by atoms with Crippen LogP contribution >= 0.6 is 0 Å². The second-order valence-corrected chi connectivity index (χ2v) is 4.62. The van der Waals surface area contributed by atoms with E-state index >= 15 is 0 Å². The average molecular weight is 297 g/mol. The smallest absolute Gasteiger partial charge is 0.323 e. The molecule has 1 aromatic rings. The van der Waals surface area contributed by atoms with Gasteiger partial charge in [0.1, 0.15) is 0 Å². The second kappa shape index (κ2) is 10.1. The van der Waals surface area contributed by atoms with Crippen molar-refractivity contribution in [3.63, 3.8) is 0 Å². The van der Waals surface area contributed by atoms with Gasteiger partial charge in [0.25, 0.3) is 0 Å². The van der Waals surface area contributed by atoms with Crippen molar-refractivity contribution in [2.45, 2.75) is 33.6 Å². The Morgan fingerprint density at radius 2 is 1.81 bits per heavy atom. The molecule has 120 valence electrons. The monoisotopic (exact) mass is 297 g/mol. The maximum absolute atomic E-state index is 5.42. The molecule has 0 aliphatic rings. The molecule has 21 heavy (non-hydrogen) atoms. The highest BCUT2D eigenvalue weighted by molar-refractivity contribution is 5.34. The molecule has 0 unspecified atom stereocenters. The fraction of sp³-hybridized carbons (Fsp3) is 0.769. The molecule has 1 aromatic heterocycles. The molecule has 0 saturated carbocycles. The normalized spacial score (nSPS) is 10.7. The van der Waals surface area contributed by atoms with Crippen molar-refractivity contribution in [2.24, 2.45) is 5.84 Å². The molecule has 0 fully saturated rings. The minimum absolute atomic E-state index is 0.281. The van der Waals surface area contributed by atoms with E-state index in [1.54, 1.807) is 0 Å². The van der Waals surface area contributed by atoms with E-state index in [-0.39, 0.29) is 6.01 Å².